The number of nitrogens with one attached hydrogen (secondary N) is 2. The number of hydrogen-bond acceptors (Lipinski definition) is 5. The van der Waals surface area contributed by atoms with Crippen molar-refractivity contribution < 1.29 is 23.0 Å². The number of nitro groups is 1. The van der Waals surface area contributed by atoms with Crippen LogP contribution in [0.25, 0.3) is 0 Å². The minimum Gasteiger partial charge on any atom is -0.347 e. The lowest BCUT2D eigenvalue weighted by atomic mass is 10.2. The normalized spacial score (nSPS) is 17.4. The summed E-state index contributed by atoms with van der Waals surface area (Å²) in [7, 11) is -3.96. The molecule has 1 heterocycles. The highest BCUT2D eigenvalue weighted by atomic mass is 32.2. The van der Waals surface area contributed by atoms with Gasteiger partial charge in [0.2, 0.25) is 10.0 Å². The van der Waals surface area contributed by atoms with Crippen LogP contribution in [0.3, 0.4) is 0 Å². The van der Waals surface area contributed by atoms with Crippen LogP contribution in [0, 0.1) is 10.1 Å². The second-order valence-electron chi connectivity index (χ2n) is 6.04. The first-order valence-corrected chi connectivity index (χ1v) is 9.69. The van der Waals surface area contributed by atoms with Crippen molar-refractivity contribution >= 4 is 21.6 Å². The second kappa shape index (κ2) is 8.39. The van der Waals surface area contributed by atoms with Gasteiger partial charge in [0.1, 0.15) is 0 Å². The van der Waals surface area contributed by atoms with Crippen LogP contribution in [0.1, 0.15) is 6.92 Å². The summed E-state index contributed by atoms with van der Waals surface area (Å²) in [6, 6.07) is 5.01. The summed E-state index contributed by atoms with van der Waals surface area (Å²) in [6.45, 7) is 7.01. The lowest BCUT2D eigenvalue weighted by Gasteiger charge is -2.34. The van der Waals surface area contributed by atoms with Gasteiger partial charge in [0, 0.05) is 12.6 Å². The molecule has 0 radical (unpaired) electrons. The van der Waals surface area contributed by atoms with Gasteiger partial charge in [0.05, 0.1) is 31.1 Å². The van der Waals surface area contributed by atoms with E-state index in [1.165, 1.54) is 28.6 Å². The van der Waals surface area contributed by atoms with Gasteiger partial charge < -0.3 is 10.2 Å². The fourth-order valence-corrected chi connectivity index (χ4v) is 4.52. The molecular weight excluding hydrogens is 360 g/mol. The molecule has 0 saturated carbocycles. The molecule has 1 aromatic carbocycles. The van der Waals surface area contributed by atoms with Gasteiger partial charge in [-0.2, -0.15) is 4.31 Å². The number of nitrogens with zero attached hydrogens (tertiary/aromatic N) is 2. The van der Waals surface area contributed by atoms with Crippen LogP contribution in [-0.2, 0) is 14.8 Å². The van der Waals surface area contributed by atoms with Crippen LogP contribution in [0.5, 0.6) is 0 Å². The zero-order chi connectivity index (χ0) is 19.3. The monoisotopic (exact) mass is 383 g/mol. The molecule has 1 amide bonds. The standard InChI is InChI=1S/C16H22N4O5S/c1-3-8-17-16(21)13(2)18-9-11-19(12-10-18)26(24,25)15-7-5-4-6-14(15)20(22)23/h3-7,13H,1,8-12H2,2H3,(H,17,21)/p+1/t13-/m0/s1. The number of amides is 1. The Bertz CT molecular complexity index is 788. The minimum atomic E-state index is -3.96. The third-order valence-electron chi connectivity index (χ3n) is 4.47. The Morgan fingerprint density at radius 3 is 2.62 bits per heavy atom. The molecule has 1 aromatic rings. The van der Waals surface area contributed by atoms with Crippen molar-refractivity contribution in [3.63, 3.8) is 0 Å². The summed E-state index contributed by atoms with van der Waals surface area (Å²) in [6.07, 6.45) is 1.59. The molecule has 1 fully saturated rings. The van der Waals surface area contributed by atoms with Crippen molar-refractivity contribution in [3.8, 4) is 0 Å². The Morgan fingerprint density at radius 2 is 2.04 bits per heavy atom. The lowest BCUT2D eigenvalue weighted by Crippen LogP contribution is -3.19. The van der Waals surface area contributed by atoms with Crippen LogP contribution < -0.4 is 10.2 Å². The Morgan fingerprint density at radius 1 is 1.42 bits per heavy atom. The average molecular weight is 383 g/mol. The molecule has 0 aromatic heterocycles. The van der Waals surface area contributed by atoms with E-state index in [0.717, 1.165) is 4.90 Å². The summed E-state index contributed by atoms with van der Waals surface area (Å²) in [4.78, 5) is 23.1. The van der Waals surface area contributed by atoms with Gasteiger partial charge in [-0.1, -0.05) is 18.2 Å². The Hall–Kier alpha value is -2.30. The number of para-hydroxylation sites is 1. The summed E-state index contributed by atoms with van der Waals surface area (Å²) in [5.41, 5.74) is -0.431. The maximum Gasteiger partial charge on any atom is 0.289 e. The molecule has 26 heavy (non-hydrogen) atoms. The van der Waals surface area contributed by atoms with Crippen molar-refractivity contribution in [1.29, 1.82) is 0 Å². The van der Waals surface area contributed by atoms with Gasteiger partial charge in [-0.3, -0.25) is 14.9 Å². The number of quaternary nitrogens is 1. The fourth-order valence-electron chi connectivity index (χ4n) is 2.92. The summed E-state index contributed by atoms with van der Waals surface area (Å²) >= 11 is 0. The SMILES string of the molecule is C=CCNC(=O)[C@H](C)[NH+]1CCN(S(=O)(=O)c2ccccc2[N+](=O)[O-])CC1. The predicted octanol–water partition coefficient (Wildman–Crippen LogP) is -0.825. The van der Waals surface area contributed by atoms with Crippen molar-refractivity contribution in [2.45, 2.75) is 17.9 Å². The highest BCUT2D eigenvalue weighted by Gasteiger charge is 2.37. The van der Waals surface area contributed by atoms with Gasteiger partial charge in [0.15, 0.2) is 10.9 Å². The smallest absolute Gasteiger partial charge is 0.289 e. The van der Waals surface area contributed by atoms with Gasteiger partial charge in [0.25, 0.3) is 11.6 Å². The van der Waals surface area contributed by atoms with Crippen molar-refractivity contribution in [2.75, 3.05) is 32.7 Å². The molecule has 1 aliphatic rings. The second-order valence-corrected chi connectivity index (χ2v) is 7.95. The molecular formula is C16H23N4O5S+. The summed E-state index contributed by atoms with van der Waals surface area (Å²) in [5.74, 6) is -0.116. The molecule has 0 bridgehead atoms. The highest BCUT2D eigenvalue weighted by molar-refractivity contribution is 7.89. The van der Waals surface area contributed by atoms with Crippen LogP contribution >= 0.6 is 0 Å². The number of nitro benzene ring substituents is 1. The third kappa shape index (κ3) is 4.26. The number of benzene rings is 1. The number of rotatable bonds is 7. The van der Waals surface area contributed by atoms with E-state index in [9.17, 15) is 23.3 Å². The molecule has 0 spiro atoms. The van der Waals surface area contributed by atoms with E-state index >= 15 is 0 Å². The lowest BCUT2D eigenvalue weighted by molar-refractivity contribution is -0.917. The Kier molecular flexibility index (Phi) is 6.46. The van der Waals surface area contributed by atoms with E-state index in [-0.39, 0.29) is 29.9 Å². The molecule has 9 nitrogen and oxygen atoms in total. The molecule has 1 atom stereocenters. The Labute approximate surface area is 152 Å². The number of piperazine rings is 1. The first kappa shape index (κ1) is 20.0. The maximum absolute atomic E-state index is 12.8. The first-order chi connectivity index (χ1) is 12.3. The molecule has 10 heteroatoms. The zero-order valence-corrected chi connectivity index (χ0v) is 15.4. The van der Waals surface area contributed by atoms with Gasteiger partial charge >= 0.3 is 0 Å². The van der Waals surface area contributed by atoms with E-state index in [2.05, 4.69) is 11.9 Å². The average Bonchev–Trinajstić information content (AvgIpc) is 2.65. The minimum absolute atomic E-state index is 0.116. The van der Waals surface area contributed by atoms with Gasteiger partial charge in [-0.15, -0.1) is 6.58 Å². The van der Waals surface area contributed by atoms with E-state index < -0.39 is 20.6 Å². The van der Waals surface area contributed by atoms with Crippen LogP contribution in [0.15, 0.2) is 41.8 Å². The fraction of sp³-hybridized carbons (Fsp3) is 0.438. The van der Waals surface area contributed by atoms with Crippen LogP contribution in [-0.4, -0.2) is 62.3 Å². The quantitative estimate of drug-likeness (QED) is 0.363. The van der Waals surface area contributed by atoms with Crippen LogP contribution in [0.4, 0.5) is 5.69 Å². The molecule has 142 valence electrons. The summed E-state index contributed by atoms with van der Waals surface area (Å²) in [5, 5.41) is 13.9. The van der Waals surface area contributed by atoms with E-state index in [0.29, 0.717) is 19.6 Å². The molecule has 2 rings (SSSR count). The zero-order valence-electron chi connectivity index (χ0n) is 14.6. The van der Waals surface area contributed by atoms with E-state index in [1.807, 2.05) is 0 Å². The third-order valence-corrected chi connectivity index (χ3v) is 6.42. The molecule has 1 saturated heterocycles. The van der Waals surface area contributed by atoms with Crippen molar-refractivity contribution in [3.05, 3.63) is 47.0 Å². The predicted molar refractivity (Wildman–Crippen MR) is 95.2 cm³/mol. The number of carbonyl (C=O) groups excluding carboxylic acids is 1. The number of sulfonamides is 1. The number of hydrogen-bond donors (Lipinski definition) is 2. The van der Waals surface area contributed by atoms with E-state index in [1.54, 1.807) is 13.0 Å². The van der Waals surface area contributed by atoms with Crippen LogP contribution in [0.2, 0.25) is 0 Å². The highest BCUT2D eigenvalue weighted by Crippen LogP contribution is 2.26. The summed E-state index contributed by atoms with van der Waals surface area (Å²) < 4.78 is 26.8. The van der Waals surface area contributed by atoms with Gasteiger partial charge in [-0.05, 0) is 13.0 Å². The van der Waals surface area contributed by atoms with Crippen molar-refractivity contribution in [2.24, 2.45) is 0 Å². The number of carbonyl (C=O) groups is 1. The Balaban J connectivity index is 2.09. The molecule has 1 aliphatic heterocycles. The maximum atomic E-state index is 12.8. The molecule has 2 N–H and O–H groups in total. The first-order valence-electron chi connectivity index (χ1n) is 8.25. The largest absolute Gasteiger partial charge is 0.347 e. The van der Waals surface area contributed by atoms with Gasteiger partial charge in [-0.25, -0.2) is 8.42 Å². The van der Waals surface area contributed by atoms with Crippen molar-refractivity contribution in [1.82, 2.24) is 9.62 Å². The molecule has 0 aliphatic carbocycles. The molecule has 0 unspecified atom stereocenters. The van der Waals surface area contributed by atoms with E-state index in [4.69, 9.17) is 0 Å². The topological polar surface area (TPSA) is 114 Å².